The van der Waals surface area contributed by atoms with Gasteiger partial charge >= 0.3 is 11.9 Å². The molecular weight excluding hydrogens is 1610 g/mol. The molecule has 0 amide bonds. The number of aliphatic hydroxyl groups is 4. The Morgan fingerprint density at radius 2 is 0.848 bits per heavy atom. The van der Waals surface area contributed by atoms with Gasteiger partial charge in [-0.2, -0.15) is 0 Å². The number of nitrogens with one attached hydrogen (secondary N) is 2. The van der Waals surface area contributed by atoms with Crippen LogP contribution in [-0.2, 0) is 104 Å². The summed E-state index contributed by atoms with van der Waals surface area (Å²) in [6.07, 6.45) is 20.5. The van der Waals surface area contributed by atoms with E-state index in [1.54, 1.807) is 66.6 Å². The van der Waals surface area contributed by atoms with Crippen LogP contribution in [0.5, 0.6) is 0 Å². The van der Waals surface area contributed by atoms with E-state index in [2.05, 4.69) is 104 Å². The maximum atomic E-state index is 14.4. The highest BCUT2D eigenvalue weighted by Gasteiger charge is 2.63. The fourth-order valence-corrected chi connectivity index (χ4v) is 21.9. The first kappa shape index (κ1) is 97.9. The van der Waals surface area contributed by atoms with Crippen molar-refractivity contribution in [2.75, 3.05) is 55.7 Å². The molecule has 702 valence electrons. The highest BCUT2D eigenvalue weighted by molar-refractivity contribution is 5.79. The molecule has 0 unspecified atom stereocenters. The second-order valence-electron chi connectivity index (χ2n) is 38.4. The first-order chi connectivity index (χ1) is 59.5. The molecule has 8 fully saturated rings. The molecule has 6 N–H and O–H groups in total. The van der Waals surface area contributed by atoms with Gasteiger partial charge in [0.05, 0.1) is 111 Å². The summed E-state index contributed by atoms with van der Waals surface area (Å²) < 4.78 is 129. The lowest BCUT2D eigenvalue weighted by Gasteiger charge is -2.48. The molecule has 2 spiro atoms. The number of fused-ring (bicyclic) bond motifs is 4. The number of allylic oxidation sites excluding steroid dienone is 4. The molecule has 0 radical (unpaired) electrons. The van der Waals surface area contributed by atoms with Gasteiger partial charge in [0.25, 0.3) is 0 Å². The minimum Gasteiger partial charge on any atom is -0.462 e. The second kappa shape index (κ2) is 41.7. The van der Waals surface area contributed by atoms with E-state index in [1.165, 1.54) is 0 Å². The molecule has 2 aliphatic carbocycles. The van der Waals surface area contributed by atoms with Gasteiger partial charge in [-0.25, -0.2) is 0 Å². The van der Waals surface area contributed by atoms with E-state index < -0.39 is 133 Å². The number of aliphatic hydroxyl groups excluding tert-OH is 2. The first-order valence-corrected chi connectivity index (χ1v) is 46.2. The quantitative estimate of drug-likeness (QED) is 0.0582. The van der Waals surface area contributed by atoms with Gasteiger partial charge in [-0.05, 0) is 140 Å². The summed E-state index contributed by atoms with van der Waals surface area (Å²) in [5.74, 6) is -5.07. The lowest BCUT2D eigenvalue weighted by atomic mass is 9.71. The Morgan fingerprint density at radius 3 is 1.23 bits per heavy atom. The monoisotopic (exact) mass is 1760 g/mol. The van der Waals surface area contributed by atoms with Crippen molar-refractivity contribution in [1.29, 1.82) is 0 Å². The fraction of sp³-hybridized carbons (Fsp3) is 0.773. The molecule has 39 atom stereocenters. The molecule has 0 aromatic carbocycles. The number of esters is 2. The van der Waals surface area contributed by atoms with Crippen LogP contribution in [0.4, 0.5) is 0 Å². The predicted molar refractivity (Wildman–Crippen MR) is 464 cm³/mol. The van der Waals surface area contributed by atoms with Gasteiger partial charge in [-0.15, -0.1) is 0 Å². The summed E-state index contributed by atoms with van der Waals surface area (Å²) >= 11 is 0. The first-order valence-electron chi connectivity index (χ1n) is 46.2. The summed E-state index contributed by atoms with van der Waals surface area (Å²) in [7, 11) is 10.6. The molecule has 14 aliphatic rings. The van der Waals surface area contributed by atoms with Gasteiger partial charge < -0.3 is 126 Å². The maximum Gasteiger partial charge on any atom is 0.316 e. The number of carbonyl (C=O) groups is 2. The molecule has 0 saturated carbocycles. The number of hydrogen-bond donors (Lipinski definition) is 6. The highest BCUT2D eigenvalue weighted by Crippen LogP contribution is 2.51. The van der Waals surface area contributed by atoms with Gasteiger partial charge in [0.1, 0.15) is 71.9 Å². The lowest BCUT2D eigenvalue weighted by Crippen LogP contribution is -2.58. The highest BCUT2D eigenvalue weighted by atomic mass is 16.8. The number of methoxy groups -OCH3 is 4. The molecular formula is C97H148N2O26. The number of hydrogen-bond acceptors (Lipinski definition) is 28. The van der Waals surface area contributed by atoms with Gasteiger partial charge in [0.15, 0.2) is 36.7 Å². The van der Waals surface area contributed by atoms with Crippen molar-refractivity contribution in [3.8, 4) is 0 Å². The van der Waals surface area contributed by atoms with E-state index in [1.807, 2.05) is 78.2 Å². The Hall–Kier alpha value is -4.62. The van der Waals surface area contributed by atoms with Crippen molar-refractivity contribution in [3.05, 3.63) is 119 Å². The van der Waals surface area contributed by atoms with Gasteiger partial charge in [0, 0.05) is 103 Å². The summed E-state index contributed by atoms with van der Waals surface area (Å²) in [6.45, 7) is 32.7. The number of carbonyl (C=O) groups excluding carboxylic acids is 2. The smallest absolute Gasteiger partial charge is 0.316 e. The van der Waals surface area contributed by atoms with E-state index in [4.69, 9.17) is 94.7 Å². The molecule has 12 aliphatic heterocycles. The van der Waals surface area contributed by atoms with Gasteiger partial charge in [-0.3, -0.25) is 9.59 Å². The van der Waals surface area contributed by atoms with Crippen molar-refractivity contribution in [2.45, 2.75) is 376 Å². The van der Waals surface area contributed by atoms with E-state index in [-0.39, 0.29) is 134 Å². The number of likely N-dealkylation sites (N-methyl/N-ethyl adjacent to an activating group) is 2. The summed E-state index contributed by atoms with van der Waals surface area (Å²) in [5, 5.41) is 54.1. The zero-order chi connectivity index (χ0) is 90.1. The maximum absolute atomic E-state index is 14.4. The molecule has 0 aromatic rings. The van der Waals surface area contributed by atoms with E-state index in [9.17, 15) is 30.0 Å². The Morgan fingerprint density at radius 1 is 0.472 bits per heavy atom. The van der Waals surface area contributed by atoms with Crippen molar-refractivity contribution in [1.82, 2.24) is 10.6 Å². The molecule has 0 aromatic heterocycles. The second-order valence-corrected chi connectivity index (χ2v) is 38.4. The Bertz CT molecular complexity index is 3970. The molecule has 4 bridgehead atoms. The van der Waals surface area contributed by atoms with Crippen molar-refractivity contribution >= 4 is 11.9 Å². The van der Waals surface area contributed by atoms with Gasteiger partial charge in [-0.1, -0.05) is 135 Å². The van der Waals surface area contributed by atoms with Crippen LogP contribution in [0, 0.1) is 47.3 Å². The molecule has 14 rings (SSSR count). The average molecular weight is 1760 g/mol. The average Bonchev–Trinajstić information content (AvgIpc) is 1.60. The summed E-state index contributed by atoms with van der Waals surface area (Å²) in [6, 6.07) is 0.0887. The van der Waals surface area contributed by atoms with Crippen LogP contribution in [0.2, 0.25) is 0 Å². The zero-order valence-electron chi connectivity index (χ0n) is 77.8. The standard InChI is InChI=1S/C49H75NO13.C48H73NO13/c1-12-26(2)44-29(5)18-19-48(63-44)24-35-21-34(62-48)17-16-28(4)43(27(3)14-13-15-33-25-56-46-42(51)30(6)20-36(47(52)59-35)49(33,46)53)60-40-23-38(55-11)45(32(8)58-40)61-39-22-37(54-10)41(50-9)31(7)57-39;1-25(2)42-28(5)17-18-47(62-42)23-34-20-33(61-47)16-15-27(4)43(26(3)13-12-14-32-24-55-45-41(50)29(6)19-35(46(51)58-34)48(32,45)52)59-39-22-37(54-11)44(31(8)57-39)60-38-21-36(53-10)40(49-9)30(7)56-38/h13-16,18-20,26-27,29,31-32,34-46,50-51,53H,12,17,21-25H2,1-11H3;12-15,17-19,25-26,28,30-31,33-45,49-50,52H,16,20-24H2,1-11H3/b14-13+,28-16+,33-15+;13-12+,27-15+,32-14+/t26-,27+,29+,31+,32+,34-,35+,36+,37+,38+,39+,40+,41-,42-,43+,44-,45+,46-,48-,49-;26-,28-,30-,31-,33+,34-,35-,36-,37-,38-,39-,40+,41+,42+,43-,44-,45+,47+,48+/m10/s1. The van der Waals surface area contributed by atoms with E-state index >= 15 is 0 Å². The van der Waals surface area contributed by atoms with Crippen LogP contribution < -0.4 is 10.6 Å². The third-order valence-corrected chi connectivity index (χ3v) is 29.2. The third-order valence-electron chi connectivity index (χ3n) is 29.2. The van der Waals surface area contributed by atoms with E-state index in [0.717, 1.165) is 17.6 Å². The van der Waals surface area contributed by atoms with Crippen LogP contribution in [0.15, 0.2) is 119 Å². The largest absolute Gasteiger partial charge is 0.462 e. The molecule has 12 heterocycles. The Balaban J connectivity index is 0.000000215. The van der Waals surface area contributed by atoms with Crippen molar-refractivity contribution < 1.29 is 125 Å². The van der Waals surface area contributed by atoms with E-state index in [0.29, 0.717) is 86.5 Å². The van der Waals surface area contributed by atoms with Crippen LogP contribution in [0.1, 0.15) is 181 Å². The Kier molecular flexibility index (Phi) is 32.6. The van der Waals surface area contributed by atoms with Crippen LogP contribution in [0.25, 0.3) is 0 Å². The third kappa shape index (κ3) is 21.1. The van der Waals surface area contributed by atoms with Crippen LogP contribution in [0.3, 0.4) is 0 Å². The molecule has 28 nitrogen and oxygen atoms in total. The molecule has 125 heavy (non-hydrogen) atoms. The minimum absolute atomic E-state index is 0.0407. The zero-order valence-corrected chi connectivity index (χ0v) is 77.8. The van der Waals surface area contributed by atoms with Crippen molar-refractivity contribution in [3.63, 3.8) is 0 Å². The lowest BCUT2D eigenvalue weighted by molar-refractivity contribution is -0.312. The van der Waals surface area contributed by atoms with Crippen molar-refractivity contribution in [2.24, 2.45) is 47.3 Å². The predicted octanol–water partition coefficient (Wildman–Crippen LogP) is 10.8. The summed E-state index contributed by atoms with van der Waals surface area (Å²) in [5.41, 5.74) is 0.355. The number of rotatable bonds is 17. The minimum atomic E-state index is -1.83. The SMILES string of the molecule is CC[C@@H](C)[C@H]1O[C@]2(C=C[C@@H]1C)C[C@@H]1C[C@@H](C/C=C(\C)[C@@H](O[C@H]3C[C@H](OC)[C@@H](O[C@H]4C[C@H](OC)[C@H](NC)[C@H](C)O4)[C@H](C)O3)[C@@H](C)/C=C/C=C3\CO[C@@H]4[C@H](O)C(C)=C[C@@H](C(=O)O1)[C@]34O)O2.CN[C@@H]1[C@H](C)O[C@@H](O[C@H]2[C@H](C)O[C@@H](O[C@@H]3/C(C)=C/C[C@@H]4C[C@@H](C[C@]5(C=C[C@H](C)[C@@H](C(C)C)O5)O4)OC(=O)[C@@H]4C=C(C)[C@@H](O)[C@H]5OC/C(=C\C=C\[C@@H]3C)[C@]54O)C[C@@H]2OC)C[C@@H]1OC. The van der Waals surface area contributed by atoms with Crippen LogP contribution in [-0.4, -0.2) is 282 Å². The normalized spacial score (nSPS) is 48.6. The van der Waals surface area contributed by atoms with Gasteiger partial charge in [0.2, 0.25) is 0 Å². The molecule has 28 heteroatoms. The topological polar surface area (TPSA) is 324 Å². The molecule has 8 saturated heterocycles. The number of ether oxygens (including phenoxy) is 20. The Labute approximate surface area is 741 Å². The fourth-order valence-electron chi connectivity index (χ4n) is 21.9. The van der Waals surface area contributed by atoms with Crippen LogP contribution >= 0.6 is 0 Å². The summed E-state index contributed by atoms with van der Waals surface area (Å²) in [4.78, 5) is 28.7.